The molecule has 30 heavy (non-hydrogen) atoms. The number of nitrogens with zero attached hydrogens (tertiary/aromatic N) is 1. The fourth-order valence-electron chi connectivity index (χ4n) is 3.00. The number of rotatable bonds is 6. The summed E-state index contributed by atoms with van der Waals surface area (Å²) in [5, 5.41) is 2.82. The Kier molecular flexibility index (Phi) is 6.30. The molecule has 6 nitrogen and oxygen atoms in total. The predicted octanol–water partition coefficient (Wildman–Crippen LogP) is 4.54. The maximum absolute atomic E-state index is 12.8. The molecule has 3 aromatic rings. The van der Waals surface area contributed by atoms with Crippen molar-refractivity contribution in [1.82, 2.24) is 4.31 Å². The van der Waals surface area contributed by atoms with Crippen LogP contribution >= 0.6 is 11.3 Å². The van der Waals surface area contributed by atoms with Crippen LogP contribution in [0, 0.1) is 13.8 Å². The normalized spacial score (nSPS) is 11.5. The number of hydrogen-bond acceptors (Lipinski definition) is 5. The molecule has 0 unspecified atom stereocenters. The quantitative estimate of drug-likeness (QED) is 0.605. The molecule has 0 saturated carbocycles. The summed E-state index contributed by atoms with van der Waals surface area (Å²) in [6.45, 7) is 3.69. The number of carbonyl (C=O) groups excluding carboxylic acids is 1. The third kappa shape index (κ3) is 4.40. The second-order valence-corrected chi connectivity index (χ2v) is 10.4. The van der Waals surface area contributed by atoms with E-state index in [-0.39, 0.29) is 10.8 Å². The lowest BCUT2D eigenvalue weighted by Gasteiger charge is -2.15. The zero-order valence-electron chi connectivity index (χ0n) is 17.5. The number of benzene rings is 2. The van der Waals surface area contributed by atoms with E-state index < -0.39 is 10.0 Å². The number of hydrogen-bond donors (Lipinski definition) is 1. The van der Waals surface area contributed by atoms with Gasteiger partial charge in [0.2, 0.25) is 10.0 Å². The molecule has 0 aliphatic carbocycles. The van der Waals surface area contributed by atoms with E-state index in [1.807, 2.05) is 37.3 Å². The van der Waals surface area contributed by atoms with Crippen molar-refractivity contribution >= 4 is 33.0 Å². The zero-order chi connectivity index (χ0) is 22.1. The van der Waals surface area contributed by atoms with Crippen LogP contribution in [0.1, 0.15) is 20.1 Å². The Hall–Kier alpha value is -2.68. The lowest BCUT2D eigenvalue weighted by Crippen LogP contribution is -2.23. The van der Waals surface area contributed by atoms with E-state index in [0.717, 1.165) is 26.1 Å². The first-order valence-electron chi connectivity index (χ1n) is 9.23. The summed E-state index contributed by atoms with van der Waals surface area (Å²) in [4.78, 5) is 14.6. The average molecular weight is 445 g/mol. The predicted molar refractivity (Wildman–Crippen MR) is 121 cm³/mol. The monoisotopic (exact) mass is 444 g/mol. The van der Waals surface area contributed by atoms with Gasteiger partial charge in [-0.05, 0) is 60.9 Å². The van der Waals surface area contributed by atoms with Gasteiger partial charge in [0.15, 0.2) is 0 Å². The Bertz CT molecular complexity index is 1180. The van der Waals surface area contributed by atoms with Crippen LogP contribution in [0.25, 0.3) is 11.1 Å². The number of amides is 1. The zero-order valence-corrected chi connectivity index (χ0v) is 19.1. The number of sulfonamides is 1. The van der Waals surface area contributed by atoms with Crippen molar-refractivity contribution < 1.29 is 17.9 Å². The van der Waals surface area contributed by atoms with Gasteiger partial charge in [0.25, 0.3) is 5.91 Å². The number of nitrogens with one attached hydrogen (secondary N) is 1. The van der Waals surface area contributed by atoms with Crippen LogP contribution in [0.15, 0.2) is 53.4 Å². The Morgan fingerprint density at radius 2 is 1.70 bits per heavy atom. The van der Waals surface area contributed by atoms with Crippen LogP contribution in [-0.4, -0.2) is 39.8 Å². The highest BCUT2D eigenvalue weighted by atomic mass is 32.2. The van der Waals surface area contributed by atoms with Crippen LogP contribution in [0.5, 0.6) is 5.75 Å². The number of methoxy groups -OCH3 is 1. The summed E-state index contributed by atoms with van der Waals surface area (Å²) in [5.41, 5.74) is 3.03. The van der Waals surface area contributed by atoms with Crippen molar-refractivity contribution in [2.24, 2.45) is 0 Å². The highest BCUT2D eigenvalue weighted by molar-refractivity contribution is 7.89. The van der Waals surface area contributed by atoms with E-state index in [0.29, 0.717) is 16.1 Å². The van der Waals surface area contributed by atoms with Crippen LogP contribution in [0.2, 0.25) is 0 Å². The molecule has 0 atom stereocenters. The van der Waals surface area contributed by atoms with Crippen molar-refractivity contribution in [1.29, 1.82) is 0 Å². The van der Waals surface area contributed by atoms with Crippen LogP contribution in [0.3, 0.4) is 0 Å². The Labute approximate surface area is 181 Å². The van der Waals surface area contributed by atoms with Crippen LogP contribution in [-0.2, 0) is 10.0 Å². The van der Waals surface area contributed by atoms with E-state index in [1.54, 1.807) is 26.2 Å². The van der Waals surface area contributed by atoms with E-state index in [4.69, 9.17) is 4.74 Å². The second kappa shape index (κ2) is 8.59. The molecule has 0 radical (unpaired) electrons. The summed E-state index contributed by atoms with van der Waals surface area (Å²) >= 11 is 1.39. The molecule has 1 aromatic heterocycles. The van der Waals surface area contributed by atoms with Gasteiger partial charge in [-0.25, -0.2) is 12.7 Å². The summed E-state index contributed by atoms with van der Waals surface area (Å²) in [6.07, 6.45) is 0. The first-order valence-corrected chi connectivity index (χ1v) is 11.5. The molecule has 158 valence electrons. The molecule has 2 aromatic carbocycles. The number of carbonyl (C=O) groups is 1. The van der Waals surface area contributed by atoms with Gasteiger partial charge < -0.3 is 10.1 Å². The maximum Gasteiger partial charge on any atom is 0.265 e. The van der Waals surface area contributed by atoms with Gasteiger partial charge in [0.1, 0.15) is 5.75 Å². The number of thiophene rings is 1. The summed E-state index contributed by atoms with van der Waals surface area (Å²) in [6, 6.07) is 14.4. The third-order valence-electron chi connectivity index (χ3n) is 4.75. The van der Waals surface area contributed by atoms with Gasteiger partial charge in [-0.1, -0.05) is 18.2 Å². The molecule has 1 amide bonds. The molecule has 0 saturated heterocycles. The second-order valence-electron chi connectivity index (χ2n) is 7.03. The minimum atomic E-state index is -3.60. The van der Waals surface area contributed by atoms with Crippen molar-refractivity contribution in [2.75, 3.05) is 26.5 Å². The van der Waals surface area contributed by atoms with Gasteiger partial charge >= 0.3 is 0 Å². The Morgan fingerprint density at radius 1 is 1.03 bits per heavy atom. The number of aryl methyl sites for hydroxylation is 2. The smallest absolute Gasteiger partial charge is 0.265 e. The summed E-state index contributed by atoms with van der Waals surface area (Å²) < 4.78 is 31.4. The van der Waals surface area contributed by atoms with E-state index >= 15 is 0 Å². The first kappa shape index (κ1) is 22.0. The standard InChI is InChI=1S/C22H24N2O4S2/c1-14-6-9-17(12-21(14)30(26,27)24(3)4)23-22(25)20-13-19(15(2)29-20)16-7-10-18(28-5)11-8-16/h6-13H,1-5H3,(H,23,25). The average Bonchev–Trinajstić information content (AvgIpc) is 3.11. The molecule has 1 N–H and O–H groups in total. The molecule has 0 spiro atoms. The summed E-state index contributed by atoms with van der Waals surface area (Å²) in [7, 11) is 0.981. The molecule has 0 aliphatic rings. The first-order chi connectivity index (χ1) is 14.1. The van der Waals surface area contributed by atoms with Gasteiger partial charge in [-0.15, -0.1) is 11.3 Å². The fourth-order valence-corrected chi connectivity index (χ4v) is 5.08. The lowest BCUT2D eigenvalue weighted by molar-refractivity contribution is 0.103. The minimum Gasteiger partial charge on any atom is -0.497 e. The van der Waals surface area contributed by atoms with Crippen molar-refractivity contribution in [3.05, 3.63) is 63.8 Å². The van der Waals surface area contributed by atoms with Gasteiger partial charge in [0.05, 0.1) is 16.9 Å². The maximum atomic E-state index is 12.8. The van der Waals surface area contributed by atoms with E-state index in [2.05, 4.69) is 5.32 Å². The lowest BCUT2D eigenvalue weighted by atomic mass is 10.1. The molecule has 1 heterocycles. The minimum absolute atomic E-state index is 0.173. The van der Waals surface area contributed by atoms with Gasteiger partial charge in [-0.2, -0.15) is 0 Å². The SMILES string of the molecule is COc1ccc(-c2cc(C(=O)Nc3ccc(C)c(S(=O)(=O)N(C)C)c3)sc2C)cc1. The van der Waals surface area contributed by atoms with Gasteiger partial charge in [-0.3, -0.25) is 4.79 Å². The van der Waals surface area contributed by atoms with Crippen molar-refractivity contribution in [2.45, 2.75) is 18.7 Å². The molecule has 0 fully saturated rings. The van der Waals surface area contributed by atoms with Crippen molar-refractivity contribution in [3.8, 4) is 16.9 Å². The Morgan fingerprint density at radius 3 is 2.30 bits per heavy atom. The molecule has 3 rings (SSSR count). The highest BCUT2D eigenvalue weighted by Gasteiger charge is 2.21. The molecular formula is C22H24N2O4S2. The fraction of sp³-hybridized carbons (Fsp3) is 0.227. The van der Waals surface area contributed by atoms with E-state index in [9.17, 15) is 13.2 Å². The van der Waals surface area contributed by atoms with E-state index in [1.165, 1.54) is 31.5 Å². The largest absolute Gasteiger partial charge is 0.497 e. The van der Waals surface area contributed by atoms with Crippen LogP contribution in [0.4, 0.5) is 5.69 Å². The number of anilines is 1. The van der Waals surface area contributed by atoms with Crippen LogP contribution < -0.4 is 10.1 Å². The molecule has 0 aliphatic heterocycles. The van der Waals surface area contributed by atoms with Crippen molar-refractivity contribution in [3.63, 3.8) is 0 Å². The van der Waals surface area contributed by atoms with Gasteiger partial charge in [0, 0.05) is 24.7 Å². The third-order valence-corrected chi connectivity index (χ3v) is 7.75. The number of ether oxygens (including phenoxy) is 1. The Balaban J connectivity index is 1.87. The molecule has 0 bridgehead atoms. The summed E-state index contributed by atoms with van der Waals surface area (Å²) in [5.74, 6) is 0.493. The molecule has 8 heteroatoms. The topological polar surface area (TPSA) is 75.7 Å². The molecular weight excluding hydrogens is 420 g/mol. The highest BCUT2D eigenvalue weighted by Crippen LogP contribution is 2.32.